The summed E-state index contributed by atoms with van der Waals surface area (Å²) in [6, 6.07) is 0. The molecule has 0 fully saturated rings. The van der Waals surface area contributed by atoms with E-state index in [1.165, 1.54) is 0 Å². The van der Waals surface area contributed by atoms with Gasteiger partial charge in [0.05, 0.1) is 5.41 Å². The Morgan fingerprint density at radius 1 is 1.67 bits per heavy atom. The third kappa shape index (κ3) is 2.46. The molecule has 0 aromatic heterocycles. The maximum absolute atomic E-state index is 10.9. The number of hydrogen-bond acceptors (Lipinski definition) is 3. The van der Waals surface area contributed by atoms with E-state index in [-0.39, 0.29) is 6.54 Å². The summed E-state index contributed by atoms with van der Waals surface area (Å²) in [7, 11) is 1.55. The molecule has 0 radical (unpaired) electrons. The molecule has 0 heterocycles. The van der Waals surface area contributed by atoms with Crippen molar-refractivity contribution in [2.75, 3.05) is 20.3 Å². The first kappa shape index (κ1) is 11.4. The van der Waals surface area contributed by atoms with Crippen molar-refractivity contribution >= 4 is 5.97 Å². The van der Waals surface area contributed by atoms with Gasteiger partial charge in [0.15, 0.2) is 0 Å². The summed E-state index contributed by atoms with van der Waals surface area (Å²) in [4.78, 5) is 10.9. The topological polar surface area (TPSA) is 72.5 Å². The second-order valence-electron chi connectivity index (χ2n) is 2.89. The Kier molecular flexibility index (Phi) is 4.85. The molecule has 3 N–H and O–H groups in total. The largest absolute Gasteiger partial charge is 0.481 e. The van der Waals surface area contributed by atoms with Crippen LogP contribution < -0.4 is 5.73 Å². The van der Waals surface area contributed by atoms with E-state index in [9.17, 15) is 4.79 Å². The first-order chi connectivity index (χ1) is 5.63. The van der Waals surface area contributed by atoms with E-state index in [1.807, 2.05) is 6.92 Å². The predicted octanol–water partition coefficient (Wildman–Crippen LogP) is 0.463. The van der Waals surface area contributed by atoms with Crippen LogP contribution >= 0.6 is 0 Å². The van der Waals surface area contributed by atoms with Gasteiger partial charge in [-0.15, -0.1) is 0 Å². The fourth-order valence-electron chi connectivity index (χ4n) is 1.07. The van der Waals surface area contributed by atoms with E-state index in [2.05, 4.69) is 0 Å². The van der Waals surface area contributed by atoms with Gasteiger partial charge < -0.3 is 15.6 Å². The monoisotopic (exact) mass is 175 g/mol. The molecule has 0 aromatic rings. The van der Waals surface area contributed by atoms with Crippen molar-refractivity contribution in [2.24, 2.45) is 11.1 Å². The highest BCUT2D eigenvalue weighted by Gasteiger charge is 2.34. The number of nitrogens with two attached hydrogens (primary N) is 1. The molecule has 0 spiro atoms. The van der Waals surface area contributed by atoms with Crippen LogP contribution in [0.15, 0.2) is 0 Å². The fraction of sp³-hybridized carbons (Fsp3) is 0.875. The molecule has 1 atom stereocenters. The summed E-state index contributed by atoms with van der Waals surface area (Å²) in [6.45, 7) is 2.44. The SMILES string of the molecule is CCC(CN)(CCOC)C(=O)O. The zero-order valence-electron chi connectivity index (χ0n) is 7.67. The van der Waals surface area contributed by atoms with E-state index >= 15 is 0 Å². The minimum Gasteiger partial charge on any atom is -0.481 e. The molecular formula is C8H17NO3. The number of rotatable bonds is 6. The Hall–Kier alpha value is -0.610. The Bertz CT molecular complexity index is 143. The standard InChI is InChI=1S/C8H17NO3/c1-3-8(6-9,7(10)11)4-5-12-2/h3-6,9H2,1-2H3,(H,10,11). The van der Waals surface area contributed by atoms with Crippen molar-refractivity contribution in [1.82, 2.24) is 0 Å². The molecule has 72 valence electrons. The first-order valence-electron chi connectivity index (χ1n) is 4.05. The normalized spacial score (nSPS) is 15.6. The van der Waals surface area contributed by atoms with Gasteiger partial charge in [-0.05, 0) is 12.8 Å². The lowest BCUT2D eigenvalue weighted by atomic mass is 9.82. The summed E-state index contributed by atoms with van der Waals surface area (Å²) in [6.07, 6.45) is 1.02. The van der Waals surface area contributed by atoms with Crippen LogP contribution in [0.3, 0.4) is 0 Å². The number of carboxylic acids is 1. The van der Waals surface area contributed by atoms with E-state index in [4.69, 9.17) is 15.6 Å². The van der Waals surface area contributed by atoms with Crippen molar-refractivity contribution in [3.8, 4) is 0 Å². The highest BCUT2D eigenvalue weighted by atomic mass is 16.5. The van der Waals surface area contributed by atoms with Gasteiger partial charge in [0.25, 0.3) is 0 Å². The molecule has 0 aromatic carbocycles. The second-order valence-corrected chi connectivity index (χ2v) is 2.89. The predicted molar refractivity (Wildman–Crippen MR) is 45.9 cm³/mol. The van der Waals surface area contributed by atoms with Gasteiger partial charge in [-0.25, -0.2) is 0 Å². The minimum absolute atomic E-state index is 0.169. The minimum atomic E-state index is -0.829. The van der Waals surface area contributed by atoms with Crippen molar-refractivity contribution < 1.29 is 14.6 Å². The van der Waals surface area contributed by atoms with Gasteiger partial charge in [-0.2, -0.15) is 0 Å². The average molecular weight is 175 g/mol. The molecule has 0 aliphatic carbocycles. The lowest BCUT2D eigenvalue weighted by Gasteiger charge is -2.25. The zero-order valence-corrected chi connectivity index (χ0v) is 7.67. The molecule has 0 bridgehead atoms. The summed E-state index contributed by atoms with van der Waals surface area (Å²) < 4.78 is 4.83. The summed E-state index contributed by atoms with van der Waals surface area (Å²) in [5, 5.41) is 8.91. The van der Waals surface area contributed by atoms with Crippen LogP contribution in [0, 0.1) is 5.41 Å². The van der Waals surface area contributed by atoms with Crippen LogP contribution in [0.4, 0.5) is 0 Å². The summed E-state index contributed by atoms with van der Waals surface area (Å²) in [5.74, 6) is -0.829. The Balaban J connectivity index is 4.25. The van der Waals surface area contributed by atoms with Crippen LogP contribution in [0.2, 0.25) is 0 Å². The molecule has 0 saturated heterocycles. The maximum atomic E-state index is 10.9. The molecule has 0 rings (SSSR count). The number of carboxylic acid groups (broad SMARTS) is 1. The van der Waals surface area contributed by atoms with Crippen molar-refractivity contribution in [3.05, 3.63) is 0 Å². The number of methoxy groups -OCH3 is 1. The quantitative estimate of drug-likeness (QED) is 0.615. The Morgan fingerprint density at radius 3 is 2.50 bits per heavy atom. The molecule has 0 aliphatic heterocycles. The first-order valence-corrected chi connectivity index (χ1v) is 4.05. The third-order valence-electron chi connectivity index (χ3n) is 2.31. The molecular weight excluding hydrogens is 158 g/mol. The Morgan fingerprint density at radius 2 is 2.25 bits per heavy atom. The van der Waals surface area contributed by atoms with E-state index in [1.54, 1.807) is 7.11 Å². The molecule has 4 heteroatoms. The molecule has 4 nitrogen and oxygen atoms in total. The maximum Gasteiger partial charge on any atom is 0.310 e. The van der Waals surface area contributed by atoms with Crippen molar-refractivity contribution in [1.29, 1.82) is 0 Å². The second kappa shape index (κ2) is 5.11. The fourth-order valence-corrected chi connectivity index (χ4v) is 1.07. The van der Waals surface area contributed by atoms with Gasteiger partial charge >= 0.3 is 5.97 Å². The van der Waals surface area contributed by atoms with Crippen molar-refractivity contribution in [3.63, 3.8) is 0 Å². The molecule has 0 saturated carbocycles. The van der Waals surface area contributed by atoms with Crippen LogP contribution in [0.5, 0.6) is 0 Å². The van der Waals surface area contributed by atoms with Gasteiger partial charge in [-0.3, -0.25) is 4.79 Å². The van der Waals surface area contributed by atoms with Crippen molar-refractivity contribution in [2.45, 2.75) is 19.8 Å². The summed E-state index contributed by atoms with van der Waals surface area (Å²) in [5.41, 5.74) is 4.63. The third-order valence-corrected chi connectivity index (χ3v) is 2.31. The summed E-state index contributed by atoms with van der Waals surface area (Å²) >= 11 is 0. The van der Waals surface area contributed by atoms with Gasteiger partial charge in [0, 0.05) is 20.3 Å². The van der Waals surface area contributed by atoms with E-state index < -0.39 is 11.4 Å². The highest BCUT2D eigenvalue weighted by molar-refractivity contribution is 5.74. The highest BCUT2D eigenvalue weighted by Crippen LogP contribution is 2.25. The number of hydrogen-bond donors (Lipinski definition) is 2. The van der Waals surface area contributed by atoms with Crippen LogP contribution in [0.1, 0.15) is 19.8 Å². The van der Waals surface area contributed by atoms with Crippen LogP contribution in [0.25, 0.3) is 0 Å². The molecule has 1 unspecified atom stereocenters. The average Bonchev–Trinajstić information content (AvgIpc) is 2.07. The molecule has 0 amide bonds. The number of ether oxygens (including phenoxy) is 1. The van der Waals surface area contributed by atoms with Crippen LogP contribution in [-0.2, 0) is 9.53 Å². The number of carbonyl (C=O) groups is 1. The Labute approximate surface area is 72.7 Å². The lowest BCUT2D eigenvalue weighted by Crippen LogP contribution is -2.39. The van der Waals surface area contributed by atoms with Gasteiger partial charge in [-0.1, -0.05) is 6.92 Å². The van der Waals surface area contributed by atoms with Gasteiger partial charge in [0.2, 0.25) is 0 Å². The molecule has 12 heavy (non-hydrogen) atoms. The van der Waals surface area contributed by atoms with Gasteiger partial charge in [0.1, 0.15) is 0 Å². The van der Waals surface area contributed by atoms with Crippen LogP contribution in [-0.4, -0.2) is 31.3 Å². The lowest BCUT2D eigenvalue weighted by molar-refractivity contribution is -0.149. The van der Waals surface area contributed by atoms with E-state index in [0.29, 0.717) is 19.4 Å². The zero-order chi connectivity index (χ0) is 9.61. The smallest absolute Gasteiger partial charge is 0.310 e. The number of aliphatic carboxylic acids is 1. The molecule has 0 aliphatic rings. The van der Waals surface area contributed by atoms with E-state index in [0.717, 1.165) is 0 Å².